The Balaban J connectivity index is 2.21. The summed E-state index contributed by atoms with van der Waals surface area (Å²) in [5, 5.41) is 20.2. The number of carbonyl (C=O) groups is 1. The summed E-state index contributed by atoms with van der Waals surface area (Å²) in [6, 6.07) is 1.62. The first-order chi connectivity index (χ1) is 7.75. The fourth-order valence-electron chi connectivity index (χ4n) is 1.20. The molecule has 0 fully saturated rings. The SMILES string of the molecule is O=C(O)c1occc1CNCCOCCO. The Morgan fingerprint density at radius 2 is 2.31 bits per heavy atom. The summed E-state index contributed by atoms with van der Waals surface area (Å²) in [6.45, 7) is 1.80. The van der Waals surface area contributed by atoms with Gasteiger partial charge in [-0.15, -0.1) is 0 Å². The molecule has 6 nitrogen and oxygen atoms in total. The maximum Gasteiger partial charge on any atom is 0.372 e. The molecule has 0 unspecified atom stereocenters. The summed E-state index contributed by atoms with van der Waals surface area (Å²) in [7, 11) is 0. The van der Waals surface area contributed by atoms with E-state index < -0.39 is 5.97 Å². The highest BCUT2D eigenvalue weighted by atomic mass is 16.5. The van der Waals surface area contributed by atoms with Crippen LogP contribution in [0.1, 0.15) is 16.1 Å². The largest absolute Gasteiger partial charge is 0.475 e. The van der Waals surface area contributed by atoms with Crippen LogP contribution in [0, 0.1) is 0 Å². The number of carboxylic acid groups (broad SMARTS) is 1. The molecule has 90 valence electrons. The zero-order valence-electron chi connectivity index (χ0n) is 8.81. The van der Waals surface area contributed by atoms with Gasteiger partial charge in [0.2, 0.25) is 5.76 Å². The zero-order valence-corrected chi connectivity index (χ0v) is 8.81. The van der Waals surface area contributed by atoms with E-state index in [1.807, 2.05) is 0 Å². The molecule has 0 atom stereocenters. The molecule has 0 saturated carbocycles. The van der Waals surface area contributed by atoms with Gasteiger partial charge < -0.3 is 24.7 Å². The lowest BCUT2D eigenvalue weighted by Gasteiger charge is -2.04. The number of aliphatic hydroxyl groups is 1. The number of carboxylic acids is 1. The van der Waals surface area contributed by atoms with Gasteiger partial charge >= 0.3 is 5.97 Å². The molecule has 0 aliphatic rings. The van der Waals surface area contributed by atoms with Gasteiger partial charge in [0.1, 0.15) is 0 Å². The average Bonchev–Trinajstić information content (AvgIpc) is 2.71. The van der Waals surface area contributed by atoms with Crippen LogP contribution >= 0.6 is 0 Å². The number of aromatic carboxylic acids is 1. The smallest absolute Gasteiger partial charge is 0.372 e. The number of nitrogens with one attached hydrogen (secondary N) is 1. The minimum atomic E-state index is -1.07. The number of furan rings is 1. The van der Waals surface area contributed by atoms with Gasteiger partial charge in [0.05, 0.1) is 26.1 Å². The molecule has 0 saturated heterocycles. The summed E-state index contributed by atoms with van der Waals surface area (Å²) in [4.78, 5) is 10.7. The van der Waals surface area contributed by atoms with Gasteiger partial charge in [-0.05, 0) is 6.07 Å². The van der Waals surface area contributed by atoms with Crippen LogP contribution in [0.3, 0.4) is 0 Å². The predicted octanol–water partition coefficient (Wildman–Crippen LogP) is 0.0763. The molecule has 3 N–H and O–H groups in total. The van der Waals surface area contributed by atoms with Gasteiger partial charge in [-0.1, -0.05) is 0 Å². The van der Waals surface area contributed by atoms with Crippen molar-refractivity contribution in [2.45, 2.75) is 6.54 Å². The van der Waals surface area contributed by atoms with Crippen LogP contribution in [-0.4, -0.2) is 42.5 Å². The first kappa shape index (κ1) is 12.7. The van der Waals surface area contributed by atoms with Crippen molar-refractivity contribution in [3.05, 3.63) is 23.7 Å². The van der Waals surface area contributed by atoms with Crippen LogP contribution in [0.15, 0.2) is 16.7 Å². The van der Waals surface area contributed by atoms with Crippen molar-refractivity contribution < 1.29 is 24.2 Å². The third-order valence-corrected chi connectivity index (χ3v) is 1.92. The number of ether oxygens (including phenoxy) is 1. The van der Waals surface area contributed by atoms with Crippen LogP contribution in [0.2, 0.25) is 0 Å². The molecular formula is C10H15NO5. The fourth-order valence-corrected chi connectivity index (χ4v) is 1.20. The van der Waals surface area contributed by atoms with E-state index in [4.69, 9.17) is 19.4 Å². The Bertz CT molecular complexity index is 323. The Kier molecular flexibility index (Phi) is 5.55. The van der Waals surface area contributed by atoms with E-state index in [0.717, 1.165) is 0 Å². The van der Waals surface area contributed by atoms with Crippen molar-refractivity contribution in [1.29, 1.82) is 0 Å². The molecule has 0 aromatic carbocycles. The highest BCUT2D eigenvalue weighted by molar-refractivity contribution is 5.86. The van der Waals surface area contributed by atoms with Crippen molar-refractivity contribution in [3.63, 3.8) is 0 Å². The van der Waals surface area contributed by atoms with Crippen molar-refractivity contribution in [2.24, 2.45) is 0 Å². The lowest BCUT2D eigenvalue weighted by atomic mass is 10.2. The highest BCUT2D eigenvalue weighted by Crippen LogP contribution is 2.09. The molecule has 1 heterocycles. The van der Waals surface area contributed by atoms with E-state index >= 15 is 0 Å². The Labute approximate surface area is 92.8 Å². The van der Waals surface area contributed by atoms with E-state index in [1.165, 1.54) is 6.26 Å². The summed E-state index contributed by atoms with van der Waals surface area (Å²) in [6.07, 6.45) is 1.35. The van der Waals surface area contributed by atoms with Crippen molar-refractivity contribution in [3.8, 4) is 0 Å². The van der Waals surface area contributed by atoms with Gasteiger partial charge in [0.15, 0.2) is 0 Å². The van der Waals surface area contributed by atoms with Crippen LogP contribution < -0.4 is 5.32 Å². The second-order valence-corrected chi connectivity index (χ2v) is 3.09. The summed E-state index contributed by atoms with van der Waals surface area (Å²) >= 11 is 0. The van der Waals surface area contributed by atoms with E-state index in [-0.39, 0.29) is 12.4 Å². The number of aliphatic hydroxyl groups excluding tert-OH is 1. The minimum Gasteiger partial charge on any atom is -0.475 e. The van der Waals surface area contributed by atoms with Crippen molar-refractivity contribution in [1.82, 2.24) is 5.32 Å². The molecule has 0 spiro atoms. The van der Waals surface area contributed by atoms with Gasteiger partial charge in [0.25, 0.3) is 0 Å². The van der Waals surface area contributed by atoms with E-state index in [0.29, 0.717) is 31.9 Å². The van der Waals surface area contributed by atoms with Gasteiger partial charge in [-0.2, -0.15) is 0 Å². The number of hydrogen-bond donors (Lipinski definition) is 3. The minimum absolute atomic E-state index is 0.00485. The molecule has 0 aliphatic heterocycles. The molecular weight excluding hydrogens is 214 g/mol. The van der Waals surface area contributed by atoms with Crippen LogP contribution in [0.25, 0.3) is 0 Å². The Morgan fingerprint density at radius 3 is 3.00 bits per heavy atom. The summed E-state index contributed by atoms with van der Waals surface area (Å²) in [5.74, 6) is -1.11. The third-order valence-electron chi connectivity index (χ3n) is 1.92. The molecule has 1 aromatic rings. The molecule has 0 radical (unpaired) electrons. The van der Waals surface area contributed by atoms with Crippen molar-refractivity contribution in [2.75, 3.05) is 26.4 Å². The zero-order chi connectivity index (χ0) is 11.8. The number of rotatable bonds is 8. The van der Waals surface area contributed by atoms with Crippen molar-refractivity contribution >= 4 is 5.97 Å². The Morgan fingerprint density at radius 1 is 1.50 bits per heavy atom. The van der Waals surface area contributed by atoms with Crippen LogP contribution in [0.4, 0.5) is 0 Å². The fraction of sp³-hybridized carbons (Fsp3) is 0.500. The first-order valence-corrected chi connectivity index (χ1v) is 4.94. The maximum absolute atomic E-state index is 10.7. The summed E-state index contributed by atoms with van der Waals surface area (Å²) < 4.78 is 9.85. The second kappa shape index (κ2) is 7.00. The van der Waals surface area contributed by atoms with Gasteiger partial charge in [0, 0.05) is 18.7 Å². The van der Waals surface area contributed by atoms with E-state index in [1.54, 1.807) is 6.07 Å². The predicted molar refractivity (Wildman–Crippen MR) is 55.3 cm³/mol. The standard InChI is InChI=1S/C10H15NO5/c12-3-6-15-5-2-11-7-8-1-4-16-9(8)10(13)14/h1,4,11-12H,2-3,5-7H2,(H,13,14). The molecule has 1 rings (SSSR count). The summed E-state index contributed by atoms with van der Waals surface area (Å²) in [5.41, 5.74) is 0.606. The first-order valence-electron chi connectivity index (χ1n) is 4.94. The molecule has 0 bridgehead atoms. The van der Waals surface area contributed by atoms with Gasteiger partial charge in [-0.3, -0.25) is 0 Å². The molecule has 1 aromatic heterocycles. The lowest BCUT2D eigenvalue weighted by molar-refractivity contribution is 0.0660. The third kappa shape index (κ3) is 4.01. The van der Waals surface area contributed by atoms with E-state index in [9.17, 15) is 4.79 Å². The normalized spacial score (nSPS) is 10.6. The maximum atomic E-state index is 10.7. The molecule has 16 heavy (non-hydrogen) atoms. The van der Waals surface area contributed by atoms with Crippen LogP contribution in [-0.2, 0) is 11.3 Å². The second-order valence-electron chi connectivity index (χ2n) is 3.09. The van der Waals surface area contributed by atoms with Gasteiger partial charge in [-0.25, -0.2) is 4.79 Å². The van der Waals surface area contributed by atoms with E-state index in [2.05, 4.69) is 5.32 Å². The molecule has 6 heteroatoms. The lowest BCUT2D eigenvalue weighted by Crippen LogP contribution is -2.20. The number of hydrogen-bond acceptors (Lipinski definition) is 5. The van der Waals surface area contributed by atoms with Crippen LogP contribution in [0.5, 0.6) is 0 Å². The molecule has 0 amide bonds. The quantitative estimate of drug-likeness (QED) is 0.547. The average molecular weight is 229 g/mol. The highest BCUT2D eigenvalue weighted by Gasteiger charge is 2.12. The molecule has 0 aliphatic carbocycles. The monoisotopic (exact) mass is 229 g/mol. The Hall–Kier alpha value is -1.37. The topological polar surface area (TPSA) is 91.9 Å².